The summed E-state index contributed by atoms with van der Waals surface area (Å²) < 4.78 is 1.98. The van der Waals surface area contributed by atoms with Gasteiger partial charge in [-0.3, -0.25) is 0 Å². The van der Waals surface area contributed by atoms with Crippen molar-refractivity contribution >= 4 is 0 Å². The summed E-state index contributed by atoms with van der Waals surface area (Å²) in [4.78, 5) is 4.00. The van der Waals surface area contributed by atoms with E-state index in [1.165, 1.54) is 0 Å². The van der Waals surface area contributed by atoms with Crippen LogP contribution in [-0.2, 0) is 6.54 Å². The molecule has 1 aromatic heterocycles. The Balaban J connectivity index is 2.02. The van der Waals surface area contributed by atoms with E-state index in [0.29, 0.717) is 5.56 Å². The van der Waals surface area contributed by atoms with Gasteiger partial charge in [0, 0.05) is 31.0 Å². The van der Waals surface area contributed by atoms with Crippen molar-refractivity contribution in [2.45, 2.75) is 32.5 Å². The van der Waals surface area contributed by atoms with Crippen LogP contribution in [0.5, 0.6) is 11.5 Å². The normalized spacial score (nSPS) is 14.2. The lowest BCUT2D eigenvalue weighted by atomic mass is 10.1. The Hall–Kier alpha value is -2.01. The van der Waals surface area contributed by atoms with E-state index in [0.717, 1.165) is 6.54 Å². The number of rotatable bonds is 5. The molecule has 0 radical (unpaired) electrons. The number of hydrogen-bond donors (Lipinski definition) is 3. The molecule has 0 saturated carbocycles. The molecule has 0 spiro atoms. The molecule has 3 N–H and O–H groups in total. The smallest absolute Gasteiger partial charge is 0.124 e. The largest absolute Gasteiger partial charge is 0.507 e. The van der Waals surface area contributed by atoms with Crippen LogP contribution in [0.25, 0.3) is 0 Å². The summed E-state index contributed by atoms with van der Waals surface area (Å²) in [5, 5.41) is 23.0. The molecule has 0 amide bonds. The summed E-state index contributed by atoms with van der Waals surface area (Å²) in [5.41, 5.74) is 0.528. The molecule has 0 bridgehead atoms. The zero-order valence-electron chi connectivity index (χ0n) is 11.1. The monoisotopic (exact) mass is 261 g/mol. The standard InChI is InChI=1S/C14H19N3O2/c1-10(8-17-7-6-15-9-17)16-11(2)14-12(18)4-3-5-13(14)19/h3-7,9-11,16,18-19H,8H2,1-2H3. The van der Waals surface area contributed by atoms with Crippen molar-refractivity contribution in [1.29, 1.82) is 0 Å². The number of phenols is 2. The van der Waals surface area contributed by atoms with Crippen LogP contribution in [0, 0.1) is 0 Å². The Morgan fingerprint density at radius 2 is 1.95 bits per heavy atom. The highest BCUT2D eigenvalue weighted by Gasteiger charge is 2.16. The molecule has 1 aromatic carbocycles. The second-order valence-corrected chi connectivity index (χ2v) is 4.76. The lowest BCUT2D eigenvalue weighted by Crippen LogP contribution is -2.32. The maximum atomic E-state index is 9.82. The molecule has 2 aromatic rings. The van der Waals surface area contributed by atoms with E-state index in [4.69, 9.17) is 0 Å². The number of phenolic OH excluding ortho intramolecular Hbond substituents is 2. The van der Waals surface area contributed by atoms with Gasteiger partial charge in [-0.15, -0.1) is 0 Å². The fraction of sp³-hybridized carbons (Fsp3) is 0.357. The molecule has 2 unspecified atom stereocenters. The van der Waals surface area contributed by atoms with Gasteiger partial charge >= 0.3 is 0 Å². The van der Waals surface area contributed by atoms with Crippen LogP contribution in [0.1, 0.15) is 25.5 Å². The fourth-order valence-corrected chi connectivity index (χ4v) is 2.26. The molecule has 0 fully saturated rings. The third kappa shape index (κ3) is 3.26. The number of imidazole rings is 1. The second-order valence-electron chi connectivity index (χ2n) is 4.76. The van der Waals surface area contributed by atoms with Crippen molar-refractivity contribution in [1.82, 2.24) is 14.9 Å². The van der Waals surface area contributed by atoms with Crippen molar-refractivity contribution < 1.29 is 10.2 Å². The maximum absolute atomic E-state index is 9.82. The molecule has 5 nitrogen and oxygen atoms in total. The van der Waals surface area contributed by atoms with E-state index in [9.17, 15) is 10.2 Å². The van der Waals surface area contributed by atoms with Crippen LogP contribution in [0.4, 0.5) is 0 Å². The van der Waals surface area contributed by atoms with Gasteiger partial charge in [0.2, 0.25) is 0 Å². The second kappa shape index (κ2) is 5.75. The highest BCUT2D eigenvalue weighted by atomic mass is 16.3. The number of aromatic nitrogens is 2. The van der Waals surface area contributed by atoms with E-state index in [1.807, 2.05) is 24.6 Å². The Bertz CT molecular complexity index is 505. The third-order valence-electron chi connectivity index (χ3n) is 3.07. The van der Waals surface area contributed by atoms with Gasteiger partial charge in [-0.1, -0.05) is 6.07 Å². The van der Waals surface area contributed by atoms with E-state index < -0.39 is 0 Å². The van der Waals surface area contributed by atoms with E-state index >= 15 is 0 Å². The van der Waals surface area contributed by atoms with Crippen LogP contribution >= 0.6 is 0 Å². The lowest BCUT2D eigenvalue weighted by molar-refractivity contribution is 0.390. The highest BCUT2D eigenvalue weighted by Crippen LogP contribution is 2.32. The van der Waals surface area contributed by atoms with Crippen LogP contribution in [0.3, 0.4) is 0 Å². The molecule has 102 valence electrons. The van der Waals surface area contributed by atoms with Gasteiger partial charge in [-0.25, -0.2) is 4.98 Å². The quantitative estimate of drug-likeness (QED) is 0.770. The number of nitrogens with one attached hydrogen (secondary N) is 1. The van der Waals surface area contributed by atoms with Crippen molar-refractivity contribution in [3.05, 3.63) is 42.5 Å². The van der Waals surface area contributed by atoms with Gasteiger partial charge < -0.3 is 20.1 Å². The Morgan fingerprint density at radius 1 is 1.26 bits per heavy atom. The average Bonchev–Trinajstić information content (AvgIpc) is 2.81. The summed E-state index contributed by atoms with van der Waals surface area (Å²) in [6.07, 6.45) is 5.41. The number of hydrogen-bond acceptors (Lipinski definition) is 4. The van der Waals surface area contributed by atoms with Crippen molar-refractivity contribution in [2.24, 2.45) is 0 Å². The first kappa shape index (κ1) is 13.4. The zero-order chi connectivity index (χ0) is 13.8. The number of nitrogens with zero attached hydrogens (tertiary/aromatic N) is 2. The fourth-order valence-electron chi connectivity index (χ4n) is 2.26. The molecule has 0 aliphatic heterocycles. The molecule has 0 saturated heterocycles. The summed E-state index contributed by atoms with van der Waals surface area (Å²) in [6, 6.07) is 4.82. The summed E-state index contributed by atoms with van der Waals surface area (Å²) >= 11 is 0. The molecule has 2 rings (SSSR count). The van der Waals surface area contributed by atoms with Crippen molar-refractivity contribution in [2.75, 3.05) is 0 Å². The zero-order valence-corrected chi connectivity index (χ0v) is 11.1. The SMILES string of the molecule is CC(Cn1ccnc1)NC(C)c1c(O)cccc1O. The van der Waals surface area contributed by atoms with Crippen LogP contribution < -0.4 is 5.32 Å². The Labute approximate surface area is 112 Å². The van der Waals surface area contributed by atoms with Gasteiger partial charge in [0.25, 0.3) is 0 Å². The van der Waals surface area contributed by atoms with Gasteiger partial charge in [0.15, 0.2) is 0 Å². The molecule has 5 heteroatoms. The summed E-state index contributed by atoms with van der Waals surface area (Å²) in [7, 11) is 0. The first-order valence-corrected chi connectivity index (χ1v) is 6.30. The van der Waals surface area contributed by atoms with Crippen LogP contribution in [0.15, 0.2) is 36.9 Å². The predicted octanol–water partition coefficient (Wildman–Crippen LogP) is 2.03. The van der Waals surface area contributed by atoms with E-state index in [-0.39, 0.29) is 23.6 Å². The van der Waals surface area contributed by atoms with E-state index in [2.05, 4.69) is 10.3 Å². The Kier molecular flexibility index (Phi) is 4.06. The van der Waals surface area contributed by atoms with Crippen LogP contribution in [-0.4, -0.2) is 25.8 Å². The molecular weight excluding hydrogens is 242 g/mol. The third-order valence-corrected chi connectivity index (χ3v) is 3.07. The van der Waals surface area contributed by atoms with Gasteiger partial charge in [0.1, 0.15) is 11.5 Å². The van der Waals surface area contributed by atoms with Crippen LogP contribution in [0.2, 0.25) is 0 Å². The average molecular weight is 261 g/mol. The molecule has 0 aliphatic carbocycles. The molecule has 2 atom stereocenters. The first-order chi connectivity index (χ1) is 9.08. The van der Waals surface area contributed by atoms with Gasteiger partial charge in [0.05, 0.1) is 11.9 Å². The minimum absolute atomic E-state index is 0.106. The predicted molar refractivity (Wildman–Crippen MR) is 73.0 cm³/mol. The minimum atomic E-state index is -0.139. The van der Waals surface area contributed by atoms with Crippen molar-refractivity contribution in [3.63, 3.8) is 0 Å². The highest BCUT2D eigenvalue weighted by molar-refractivity contribution is 5.44. The van der Waals surface area contributed by atoms with Gasteiger partial charge in [-0.2, -0.15) is 0 Å². The molecule has 0 aliphatic rings. The molecule has 19 heavy (non-hydrogen) atoms. The summed E-state index contributed by atoms with van der Waals surface area (Å²) in [5.74, 6) is 0.213. The number of benzene rings is 1. The molecular formula is C14H19N3O2. The maximum Gasteiger partial charge on any atom is 0.124 e. The number of aromatic hydroxyl groups is 2. The molecule has 1 heterocycles. The van der Waals surface area contributed by atoms with E-state index in [1.54, 1.807) is 30.7 Å². The first-order valence-electron chi connectivity index (χ1n) is 6.30. The topological polar surface area (TPSA) is 70.3 Å². The lowest BCUT2D eigenvalue weighted by Gasteiger charge is -2.22. The van der Waals surface area contributed by atoms with Crippen molar-refractivity contribution in [3.8, 4) is 11.5 Å². The van der Waals surface area contributed by atoms with Gasteiger partial charge in [-0.05, 0) is 26.0 Å². The Morgan fingerprint density at radius 3 is 2.53 bits per heavy atom. The minimum Gasteiger partial charge on any atom is -0.507 e. The summed E-state index contributed by atoms with van der Waals surface area (Å²) in [6.45, 7) is 4.74.